The number of aliphatic hydroxyl groups excluding tert-OH is 2. The number of amides is 1. The predicted molar refractivity (Wildman–Crippen MR) is 283 cm³/mol. The lowest BCUT2D eigenvalue weighted by atomic mass is 9.78. The third-order valence-electron chi connectivity index (χ3n) is 16.1. The van der Waals surface area contributed by atoms with E-state index in [1.165, 1.54) is 59.3 Å². The van der Waals surface area contributed by atoms with Gasteiger partial charge in [0.25, 0.3) is 17.2 Å². The summed E-state index contributed by atoms with van der Waals surface area (Å²) < 4.78 is 41.1. The molecule has 4 aromatic rings. The van der Waals surface area contributed by atoms with Gasteiger partial charge in [-0.3, -0.25) is 23.6 Å². The Hall–Kier alpha value is -7.00. The van der Waals surface area contributed by atoms with Gasteiger partial charge in [-0.15, -0.1) is 0 Å². The largest absolute Gasteiger partial charge is 0.507 e. The molecule has 1 saturated heterocycles. The quantitative estimate of drug-likeness (QED) is 0.0476. The van der Waals surface area contributed by atoms with Crippen LogP contribution < -0.4 is 25.8 Å². The summed E-state index contributed by atoms with van der Waals surface area (Å²) in [6.45, 7) is 14.9. The number of carbonyl (C=O) groups excluding carboxylic acids is 3. The van der Waals surface area contributed by atoms with Crippen LogP contribution in [0.15, 0.2) is 53.2 Å². The number of phenols is 3. The lowest BCUT2D eigenvalue weighted by Crippen LogP contribution is -2.46. The number of pyridine rings is 2. The van der Waals surface area contributed by atoms with Crippen molar-refractivity contribution in [1.82, 2.24) is 9.72 Å². The van der Waals surface area contributed by atoms with Gasteiger partial charge in [0, 0.05) is 92.9 Å². The monoisotopic (exact) mass is 1070 g/mol. The van der Waals surface area contributed by atoms with Gasteiger partial charge in [-0.25, -0.2) is 9.18 Å². The summed E-state index contributed by atoms with van der Waals surface area (Å²) >= 11 is 0. The van der Waals surface area contributed by atoms with Crippen LogP contribution in [0, 0.1) is 49.3 Å². The van der Waals surface area contributed by atoms with E-state index in [9.17, 15) is 54.6 Å². The Kier molecular flexibility index (Phi) is 15.9. The molecule has 9 rings (SSSR count). The van der Waals surface area contributed by atoms with Gasteiger partial charge >= 0.3 is 17.7 Å². The number of rotatable bonds is 9. The molecule has 10 atom stereocenters. The maximum absolute atomic E-state index is 16.2. The van der Waals surface area contributed by atoms with Crippen molar-refractivity contribution >= 4 is 51.3 Å². The third kappa shape index (κ3) is 10.3. The number of nitrogens with zero attached hydrogens (tertiary/aromatic N) is 2. The molecule has 20 heteroatoms. The molecule has 6 heterocycles. The van der Waals surface area contributed by atoms with Crippen molar-refractivity contribution < 1.29 is 73.2 Å². The number of nitrogens with one attached hydrogen (secondary N) is 2. The second-order valence-corrected chi connectivity index (χ2v) is 21.5. The number of aromatic hydroxyl groups is 3. The first-order chi connectivity index (χ1) is 36.3. The summed E-state index contributed by atoms with van der Waals surface area (Å²) in [5.74, 6) is -11.0. The number of hydrogen-bond donors (Lipinski definition) is 8. The van der Waals surface area contributed by atoms with Crippen LogP contribution in [0.1, 0.15) is 117 Å². The van der Waals surface area contributed by atoms with Crippen molar-refractivity contribution in [1.29, 1.82) is 0 Å². The molecule has 77 heavy (non-hydrogen) atoms. The molecule has 0 spiro atoms. The fourth-order valence-electron chi connectivity index (χ4n) is 11.5. The molecule has 2 fully saturated rings. The Morgan fingerprint density at radius 1 is 0.935 bits per heavy atom. The number of hydrogen-bond acceptors (Lipinski definition) is 16. The molecule has 414 valence electrons. The van der Waals surface area contributed by atoms with Crippen molar-refractivity contribution in [3.05, 3.63) is 98.0 Å². The number of Topliss-reactive ketones (excluding diaryl/α,β-unsaturated/α-hetero) is 1. The highest BCUT2D eigenvalue weighted by atomic mass is 19.1. The van der Waals surface area contributed by atoms with Gasteiger partial charge in [0.1, 0.15) is 28.9 Å². The molecule has 5 aliphatic rings. The molecular formula is C57H69FN4O15. The zero-order chi connectivity index (χ0) is 56.3. The Morgan fingerprint density at radius 2 is 1.64 bits per heavy atom. The number of aromatic carboxylic acids is 1. The van der Waals surface area contributed by atoms with Crippen LogP contribution in [-0.4, -0.2) is 116 Å². The third-order valence-corrected chi connectivity index (χ3v) is 16.1. The summed E-state index contributed by atoms with van der Waals surface area (Å²) in [6.07, 6.45) is 6.54. The number of esters is 1. The first-order valence-electron chi connectivity index (χ1n) is 26.0. The molecule has 1 amide bonds. The van der Waals surface area contributed by atoms with Crippen LogP contribution in [0.4, 0.5) is 15.8 Å². The highest BCUT2D eigenvalue weighted by Crippen LogP contribution is 2.55. The van der Waals surface area contributed by atoms with Crippen LogP contribution in [-0.2, 0) is 30.3 Å². The normalized spacial score (nSPS) is 28.8. The van der Waals surface area contributed by atoms with E-state index in [1.807, 2.05) is 4.90 Å². The van der Waals surface area contributed by atoms with Crippen LogP contribution >= 0.6 is 0 Å². The molecule has 1 saturated carbocycles. The standard InChI is InChI=1S/C57H69FN4O15/c1-25-12-11-13-26(2)54(70)60-43-37(22-59-21-33-16-18-61(23-33)45-28(4)44-35(34-14-15-34)20-36(56(72)73)55(71)62(44)24-38(45)58)49(67)40-41(50(43)68)48(66)31(7)52-42(40)53(69)57(9,77-52)75-19-17-39(74-10)27(3)51(76-32(8)63)30(6)47(65)29(5)46(25)64/h11-13,17,19-20,24-25,27,29-30,33-34,39,46-47,51,59,64-68H,14-16,18,21-23H2,1-10H3,(H,60,70)(H,72,73)/b12-11+,19-17+,26-13-/t25-,27+,29+,30+,33-,39-,46-,47+,51+,57-/m0/s1. The second kappa shape index (κ2) is 21.8. The van der Waals surface area contributed by atoms with Crippen LogP contribution in [0.5, 0.6) is 23.0 Å². The van der Waals surface area contributed by atoms with Gasteiger partial charge < -0.3 is 65.1 Å². The van der Waals surface area contributed by atoms with Gasteiger partial charge in [-0.05, 0) is 75.1 Å². The fraction of sp³-hybridized carbons (Fsp3) is 0.491. The van der Waals surface area contributed by atoms with Crippen molar-refractivity contribution in [3.63, 3.8) is 0 Å². The van der Waals surface area contributed by atoms with Gasteiger partial charge in [0.15, 0.2) is 11.6 Å². The second-order valence-electron chi connectivity index (χ2n) is 21.5. The minimum Gasteiger partial charge on any atom is -0.507 e. The number of ketones is 1. The molecule has 4 aliphatic heterocycles. The van der Waals surface area contributed by atoms with Gasteiger partial charge in [-0.2, -0.15) is 0 Å². The molecule has 2 aromatic carbocycles. The Labute approximate surface area is 444 Å². The van der Waals surface area contributed by atoms with Crippen molar-refractivity contribution in [3.8, 4) is 23.0 Å². The topological polar surface area (TPSA) is 275 Å². The number of benzene rings is 2. The van der Waals surface area contributed by atoms with E-state index in [4.69, 9.17) is 18.9 Å². The Bertz CT molecular complexity index is 3220. The number of carboxylic acids is 1. The van der Waals surface area contributed by atoms with E-state index in [0.717, 1.165) is 23.4 Å². The van der Waals surface area contributed by atoms with Gasteiger partial charge in [-0.1, -0.05) is 45.9 Å². The molecule has 0 radical (unpaired) electrons. The average molecular weight is 1070 g/mol. The number of aromatic nitrogens is 1. The number of phenolic OH excluding ortho intramolecular Hbond substituents is 3. The fourth-order valence-corrected chi connectivity index (χ4v) is 11.5. The predicted octanol–water partition coefficient (Wildman–Crippen LogP) is 7.01. The maximum Gasteiger partial charge on any atom is 0.341 e. The Balaban J connectivity index is 1.16. The van der Waals surface area contributed by atoms with Crippen LogP contribution in [0.3, 0.4) is 0 Å². The van der Waals surface area contributed by atoms with Crippen molar-refractivity contribution in [2.24, 2.45) is 29.6 Å². The number of anilines is 2. The van der Waals surface area contributed by atoms with Gasteiger partial charge in [0.2, 0.25) is 0 Å². The molecule has 19 nitrogen and oxygen atoms in total. The number of fused-ring (bicyclic) bond motifs is 15. The molecule has 0 unspecified atom stereocenters. The van der Waals surface area contributed by atoms with E-state index in [-0.39, 0.29) is 69.4 Å². The number of methoxy groups -OCH3 is 1. The van der Waals surface area contributed by atoms with Crippen molar-refractivity contribution in [2.45, 2.75) is 124 Å². The van der Waals surface area contributed by atoms with E-state index in [2.05, 4.69) is 10.6 Å². The number of ether oxygens (including phenoxy) is 4. The Morgan fingerprint density at radius 3 is 2.29 bits per heavy atom. The van der Waals surface area contributed by atoms with Gasteiger partial charge in [0.05, 0.1) is 58.6 Å². The summed E-state index contributed by atoms with van der Waals surface area (Å²) in [6, 6.07) is 1.41. The SMILES string of the molecule is CO[C@H]1/C=C/O[C@@]2(C)Oc3c(C)c(O)c4c(O)c(c(CNC[C@@H]5CCN(c6c(F)cn7c(=O)c(C(=O)O)cc(C8CC8)c7c6C)C5)c(O)c4c3C2=O)NC(=O)/C(C)=C\C=C\[C@H](C)[C@H](O)[C@@H](C)[C@@H](O)[C@@H](C)[C@H](OC(C)=O)[C@@H]1C. The maximum atomic E-state index is 16.2. The van der Waals surface area contributed by atoms with Crippen molar-refractivity contribution in [2.75, 3.05) is 37.0 Å². The minimum absolute atomic E-state index is 0.0112. The summed E-state index contributed by atoms with van der Waals surface area (Å²) in [4.78, 5) is 68.4. The lowest BCUT2D eigenvalue weighted by molar-refractivity contribution is -0.160. The van der Waals surface area contributed by atoms with E-state index >= 15 is 4.39 Å². The molecule has 8 N–H and O–H groups in total. The number of carboxylic acid groups (broad SMARTS) is 1. The number of carbonyl (C=O) groups is 4. The van der Waals surface area contributed by atoms with E-state index in [1.54, 1.807) is 46.8 Å². The van der Waals surface area contributed by atoms with E-state index in [0.29, 0.717) is 41.8 Å². The molecule has 2 aromatic heterocycles. The average Bonchev–Trinajstić information content (AvgIpc) is 4.19. The van der Waals surface area contributed by atoms with Crippen LogP contribution in [0.2, 0.25) is 0 Å². The first kappa shape index (κ1) is 56.2. The minimum atomic E-state index is -2.11. The highest BCUT2D eigenvalue weighted by molar-refractivity contribution is 6.22. The summed E-state index contributed by atoms with van der Waals surface area (Å²) in [5, 5.41) is 74.7. The number of halogens is 1. The highest BCUT2D eigenvalue weighted by Gasteiger charge is 2.50. The number of aliphatic hydroxyl groups is 2. The molecule has 5 bridgehead atoms. The zero-order valence-corrected chi connectivity index (χ0v) is 44.9. The summed E-state index contributed by atoms with van der Waals surface area (Å²) in [5.41, 5.74) is 0.305. The lowest BCUT2D eigenvalue weighted by Gasteiger charge is -2.38. The summed E-state index contributed by atoms with van der Waals surface area (Å²) in [7, 11) is 1.42. The van der Waals surface area contributed by atoms with Crippen LogP contribution in [0.25, 0.3) is 16.3 Å². The number of aryl methyl sites for hydroxylation is 1. The number of allylic oxidation sites excluding steroid dienone is 2. The zero-order valence-electron chi connectivity index (χ0n) is 44.9. The smallest absolute Gasteiger partial charge is 0.341 e. The molecule has 1 aliphatic carbocycles. The first-order valence-corrected chi connectivity index (χ1v) is 26.0. The van der Waals surface area contributed by atoms with E-state index < -0.39 is 112 Å². The molecular weight excluding hydrogens is 1000 g/mol.